The summed E-state index contributed by atoms with van der Waals surface area (Å²) in [4.78, 5) is 26.2. The Balaban J connectivity index is 1.85. The first-order chi connectivity index (χ1) is 11.0. The minimum atomic E-state index is -0.597. The van der Waals surface area contributed by atoms with E-state index >= 15 is 0 Å². The minimum Gasteiger partial charge on any atom is -0.364 e. The van der Waals surface area contributed by atoms with Gasteiger partial charge in [-0.05, 0) is 83.6 Å². The van der Waals surface area contributed by atoms with Crippen LogP contribution in [0.5, 0.6) is 0 Å². The first-order valence-corrected chi connectivity index (χ1v) is 9.06. The lowest BCUT2D eigenvalue weighted by molar-refractivity contribution is -0.116. The highest BCUT2D eigenvalue weighted by Gasteiger charge is 2.40. The Bertz CT molecular complexity index is 794. The highest BCUT2D eigenvalue weighted by atomic mass is 127. The number of rotatable bonds is 3. The van der Waals surface area contributed by atoms with E-state index < -0.39 is 5.37 Å². The summed E-state index contributed by atoms with van der Waals surface area (Å²) in [5.41, 5.74) is 3.67. The number of imide groups is 1. The monoisotopic (exact) mass is 438 g/mol. The second kappa shape index (κ2) is 6.52. The van der Waals surface area contributed by atoms with Crippen LogP contribution in [0.1, 0.15) is 11.1 Å². The average Bonchev–Trinajstić information content (AvgIpc) is 2.79. The summed E-state index contributed by atoms with van der Waals surface area (Å²) in [5, 5.41) is 2.31. The van der Waals surface area contributed by atoms with Crippen molar-refractivity contribution in [2.75, 3.05) is 10.2 Å². The lowest BCUT2D eigenvalue weighted by Gasteiger charge is -2.16. The van der Waals surface area contributed by atoms with Gasteiger partial charge in [-0.15, -0.1) is 0 Å². The van der Waals surface area contributed by atoms with Crippen LogP contribution in [0.25, 0.3) is 0 Å². The fourth-order valence-electron chi connectivity index (χ4n) is 2.32. The lowest BCUT2D eigenvalue weighted by Crippen LogP contribution is -2.34. The van der Waals surface area contributed by atoms with Gasteiger partial charge in [-0.2, -0.15) is 0 Å². The number of para-hydroxylation sites is 1. The zero-order valence-corrected chi connectivity index (χ0v) is 15.6. The van der Waals surface area contributed by atoms with E-state index in [2.05, 4.69) is 27.9 Å². The van der Waals surface area contributed by atoms with Crippen LogP contribution in [0.4, 0.5) is 16.2 Å². The van der Waals surface area contributed by atoms with Gasteiger partial charge in [0.1, 0.15) is 0 Å². The number of benzene rings is 2. The maximum absolute atomic E-state index is 12.6. The van der Waals surface area contributed by atoms with Crippen molar-refractivity contribution in [2.24, 2.45) is 0 Å². The molecule has 1 saturated heterocycles. The molecule has 0 aliphatic carbocycles. The molecule has 0 bridgehead atoms. The van der Waals surface area contributed by atoms with Crippen LogP contribution in [0.3, 0.4) is 0 Å². The molecule has 2 aromatic rings. The molecule has 1 aliphatic heterocycles. The third kappa shape index (κ3) is 3.23. The third-order valence-corrected chi connectivity index (χ3v) is 5.64. The molecular formula is C17H15IN2O2S. The van der Waals surface area contributed by atoms with Gasteiger partial charge < -0.3 is 5.32 Å². The van der Waals surface area contributed by atoms with Gasteiger partial charge >= 0.3 is 0 Å². The van der Waals surface area contributed by atoms with Crippen LogP contribution in [0.15, 0.2) is 42.5 Å². The molecule has 6 heteroatoms. The second-order valence-electron chi connectivity index (χ2n) is 5.33. The number of anilines is 2. The first kappa shape index (κ1) is 16.3. The summed E-state index contributed by atoms with van der Waals surface area (Å²) in [5.74, 6) is -0.233. The number of carbonyl (C=O) groups is 2. The molecule has 0 aromatic heterocycles. The smallest absolute Gasteiger partial charge is 0.295 e. The number of hydrogen-bond acceptors (Lipinski definition) is 4. The number of nitrogens with zero attached hydrogens (tertiary/aromatic N) is 1. The van der Waals surface area contributed by atoms with Crippen LogP contribution in [-0.4, -0.2) is 16.5 Å². The van der Waals surface area contributed by atoms with Crippen molar-refractivity contribution >= 4 is 56.9 Å². The number of hydrogen-bond donors (Lipinski definition) is 1. The molecule has 1 aliphatic rings. The number of aryl methyl sites for hydroxylation is 2. The summed E-state index contributed by atoms with van der Waals surface area (Å²) in [6, 6.07) is 13.3. The molecule has 1 heterocycles. The molecule has 2 amide bonds. The summed E-state index contributed by atoms with van der Waals surface area (Å²) in [6.07, 6.45) is 0. The molecule has 3 rings (SSSR count). The van der Waals surface area contributed by atoms with E-state index in [1.807, 2.05) is 56.3 Å². The number of thioether (sulfide) groups is 1. The molecule has 0 radical (unpaired) electrons. The van der Waals surface area contributed by atoms with Crippen LogP contribution in [0.2, 0.25) is 0 Å². The van der Waals surface area contributed by atoms with Gasteiger partial charge in [-0.1, -0.05) is 18.2 Å². The molecule has 1 unspecified atom stereocenters. The Hall–Kier alpha value is -1.54. The lowest BCUT2D eigenvalue weighted by atomic mass is 10.1. The van der Waals surface area contributed by atoms with Crippen molar-refractivity contribution in [3.63, 3.8) is 0 Å². The van der Waals surface area contributed by atoms with E-state index in [4.69, 9.17) is 0 Å². The number of nitrogens with one attached hydrogen (secondary N) is 1. The Morgan fingerprint density at radius 1 is 1.09 bits per heavy atom. The fourth-order valence-corrected chi connectivity index (χ4v) is 3.76. The zero-order chi connectivity index (χ0) is 16.6. The quantitative estimate of drug-likeness (QED) is 0.715. The summed E-state index contributed by atoms with van der Waals surface area (Å²) in [7, 11) is 0. The fraction of sp³-hybridized carbons (Fsp3) is 0.176. The highest BCUT2D eigenvalue weighted by Crippen LogP contribution is 2.33. The Morgan fingerprint density at radius 2 is 1.83 bits per heavy atom. The normalized spacial score (nSPS) is 17.7. The van der Waals surface area contributed by atoms with E-state index in [1.54, 1.807) is 0 Å². The van der Waals surface area contributed by atoms with Crippen molar-refractivity contribution in [1.29, 1.82) is 0 Å². The van der Waals surface area contributed by atoms with Gasteiger partial charge in [0.25, 0.3) is 11.1 Å². The van der Waals surface area contributed by atoms with E-state index in [0.717, 1.165) is 32.1 Å². The molecule has 1 atom stereocenters. The topological polar surface area (TPSA) is 49.4 Å². The molecule has 118 valence electrons. The Labute approximate surface area is 152 Å². The maximum atomic E-state index is 12.6. The molecule has 2 aromatic carbocycles. The molecule has 0 saturated carbocycles. The number of carbonyl (C=O) groups excluding carboxylic acids is 2. The van der Waals surface area contributed by atoms with Crippen LogP contribution in [-0.2, 0) is 4.79 Å². The van der Waals surface area contributed by atoms with Crippen molar-refractivity contribution in [3.8, 4) is 0 Å². The standard InChI is InChI=1S/C17H15IN2O2S/c1-10-7-8-12(9-11(10)2)20-16(21)15(23-17(20)22)19-14-6-4-3-5-13(14)18/h3-9,15,19H,1-2H3. The van der Waals surface area contributed by atoms with Crippen LogP contribution >= 0.6 is 34.4 Å². The van der Waals surface area contributed by atoms with Crippen LogP contribution in [0, 0.1) is 17.4 Å². The van der Waals surface area contributed by atoms with Gasteiger partial charge in [0.15, 0.2) is 5.37 Å². The van der Waals surface area contributed by atoms with Gasteiger partial charge in [0.2, 0.25) is 0 Å². The summed E-state index contributed by atoms with van der Waals surface area (Å²) < 4.78 is 1.01. The zero-order valence-electron chi connectivity index (χ0n) is 12.7. The Morgan fingerprint density at radius 3 is 2.52 bits per heavy atom. The van der Waals surface area contributed by atoms with Gasteiger partial charge in [-0.3, -0.25) is 9.59 Å². The molecule has 1 N–H and O–H groups in total. The van der Waals surface area contributed by atoms with Crippen molar-refractivity contribution in [1.82, 2.24) is 0 Å². The molecule has 23 heavy (non-hydrogen) atoms. The SMILES string of the molecule is Cc1ccc(N2C(=O)SC(Nc3ccccc3I)C2=O)cc1C. The van der Waals surface area contributed by atoms with Gasteiger partial charge in [0.05, 0.1) is 5.69 Å². The predicted octanol–water partition coefficient (Wildman–Crippen LogP) is 4.55. The van der Waals surface area contributed by atoms with Crippen molar-refractivity contribution < 1.29 is 9.59 Å². The largest absolute Gasteiger partial charge is 0.364 e. The number of amides is 2. The third-order valence-electron chi connectivity index (χ3n) is 3.76. The number of halogens is 1. The molecule has 0 spiro atoms. The Kier molecular flexibility index (Phi) is 4.63. The average molecular weight is 438 g/mol. The first-order valence-electron chi connectivity index (χ1n) is 7.10. The second-order valence-corrected chi connectivity index (χ2v) is 7.55. The minimum absolute atomic E-state index is 0.233. The summed E-state index contributed by atoms with van der Waals surface area (Å²) >= 11 is 3.22. The summed E-state index contributed by atoms with van der Waals surface area (Å²) in [6.45, 7) is 3.97. The van der Waals surface area contributed by atoms with E-state index in [1.165, 1.54) is 4.90 Å². The van der Waals surface area contributed by atoms with Gasteiger partial charge in [-0.25, -0.2) is 4.90 Å². The molecule has 4 nitrogen and oxygen atoms in total. The van der Waals surface area contributed by atoms with Gasteiger partial charge in [0, 0.05) is 9.26 Å². The maximum Gasteiger partial charge on any atom is 0.295 e. The van der Waals surface area contributed by atoms with E-state index in [9.17, 15) is 9.59 Å². The van der Waals surface area contributed by atoms with Crippen molar-refractivity contribution in [2.45, 2.75) is 19.2 Å². The van der Waals surface area contributed by atoms with Crippen LogP contribution < -0.4 is 10.2 Å². The van der Waals surface area contributed by atoms with Crippen molar-refractivity contribution in [3.05, 3.63) is 57.2 Å². The highest BCUT2D eigenvalue weighted by molar-refractivity contribution is 14.1. The van der Waals surface area contributed by atoms with E-state index in [0.29, 0.717) is 5.69 Å². The van der Waals surface area contributed by atoms with E-state index in [-0.39, 0.29) is 11.1 Å². The predicted molar refractivity (Wildman–Crippen MR) is 103 cm³/mol. The molecule has 1 fully saturated rings. The molecular weight excluding hydrogens is 423 g/mol.